The second-order valence-corrected chi connectivity index (χ2v) is 8.66. The topological polar surface area (TPSA) is 118 Å². The normalized spacial score (nSPS) is 16.5. The average Bonchev–Trinajstić information content (AvgIpc) is 2.60. The first-order valence-corrected chi connectivity index (χ1v) is 10.5. The van der Waals surface area contributed by atoms with Crippen molar-refractivity contribution in [2.75, 3.05) is 23.3 Å². The smallest absolute Gasteiger partial charge is 0.259 e. The molecule has 29 heavy (non-hydrogen) atoms. The van der Waals surface area contributed by atoms with Crippen LogP contribution in [0.5, 0.6) is 0 Å². The zero-order valence-corrected chi connectivity index (χ0v) is 16.9. The van der Waals surface area contributed by atoms with Crippen molar-refractivity contribution in [3.05, 3.63) is 40.8 Å². The lowest BCUT2D eigenvalue weighted by molar-refractivity contribution is -0.0221. The number of halogens is 3. The molecule has 0 spiro atoms. The van der Waals surface area contributed by atoms with Gasteiger partial charge in [0.15, 0.2) is 0 Å². The van der Waals surface area contributed by atoms with Crippen molar-refractivity contribution in [2.45, 2.75) is 30.6 Å². The Morgan fingerprint density at radius 2 is 1.93 bits per heavy atom. The van der Waals surface area contributed by atoms with Crippen molar-refractivity contribution < 1.29 is 22.0 Å². The van der Waals surface area contributed by atoms with Gasteiger partial charge in [-0.3, -0.25) is 9.78 Å². The molecule has 0 unspecified atom stereocenters. The van der Waals surface area contributed by atoms with Gasteiger partial charge in [0, 0.05) is 32.1 Å². The highest BCUT2D eigenvalue weighted by molar-refractivity contribution is 7.89. The van der Waals surface area contributed by atoms with Crippen molar-refractivity contribution in [3.8, 4) is 0 Å². The number of pyridine rings is 2. The van der Waals surface area contributed by atoms with Crippen LogP contribution in [-0.4, -0.2) is 43.3 Å². The van der Waals surface area contributed by atoms with Crippen LogP contribution in [0.3, 0.4) is 0 Å². The number of aryl methyl sites for hydroxylation is 1. The van der Waals surface area contributed by atoms with Crippen molar-refractivity contribution in [2.24, 2.45) is 5.14 Å². The van der Waals surface area contributed by atoms with Crippen LogP contribution >= 0.6 is 11.6 Å². The number of nitrogens with one attached hydrogen (secondary N) is 1. The average molecular weight is 446 g/mol. The molecule has 156 valence electrons. The highest BCUT2D eigenvalue weighted by Crippen LogP contribution is 2.33. The van der Waals surface area contributed by atoms with Gasteiger partial charge >= 0.3 is 0 Å². The molecule has 3 rings (SSSR count). The Kier molecular flexibility index (Phi) is 5.74. The van der Waals surface area contributed by atoms with E-state index in [0.29, 0.717) is 5.56 Å². The van der Waals surface area contributed by atoms with Gasteiger partial charge in [0.25, 0.3) is 11.8 Å². The molecule has 1 amide bonds. The number of anilines is 2. The first-order chi connectivity index (χ1) is 13.5. The molecule has 0 atom stereocenters. The number of alkyl halides is 2. The van der Waals surface area contributed by atoms with E-state index in [-0.39, 0.29) is 53.0 Å². The van der Waals surface area contributed by atoms with Crippen molar-refractivity contribution in [1.29, 1.82) is 0 Å². The van der Waals surface area contributed by atoms with Crippen LogP contribution in [-0.2, 0) is 10.0 Å². The third kappa shape index (κ3) is 4.98. The van der Waals surface area contributed by atoms with E-state index in [0.717, 1.165) is 6.20 Å². The summed E-state index contributed by atoms with van der Waals surface area (Å²) >= 11 is 6.02. The number of primary sulfonamides is 1. The molecule has 1 saturated heterocycles. The van der Waals surface area contributed by atoms with E-state index in [2.05, 4.69) is 15.3 Å². The lowest BCUT2D eigenvalue weighted by Crippen LogP contribution is -2.40. The molecular formula is C17H18ClF2N5O3S. The SMILES string of the molecule is Cc1cc(Cl)nc(N2CCC(F)(F)CC2)c1C(=O)Nc1cncc(S(N)(=O)=O)c1. The van der Waals surface area contributed by atoms with E-state index in [9.17, 15) is 22.0 Å². The summed E-state index contributed by atoms with van der Waals surface area (Å²) in [5.41, 5.74) is 0.748. The van der Waals surface area contributed by atoms with Crippen molar-refractivity contribution in [1.82, 2.24) is 9.97 Å². The minimum absolute atomic E-state index is 0.0164. The number of hydrogen-bond acceptors (Lipinski definition) is 6. The molecule has 0 aromatic carbocycles. The first kappa shape index (κ1) is 21.3. The van der Waals surface area contributed by atoms with E-state index >= 15 is 0 Å². The Bertz CT molecular complexity index is 1060. The van der Waals surface area contributed by atoms with Gasteiger partial charge in [0.1, 0.15) is 15.9 Å². The second-order valence-electron chi connectivity index (χ2n) is 6.71. The Morgan fingerprint density at radius 1 is 1.28 bits per heavy atom. The molecule has 1 aliphatic heterocycles. The third-order valence-corrected chi connectivity index (χ3v) is 5.56. The summed E-state index contributed by atoms with van der Waals surface area (Å²) in [4.78, 5) is 22.2. The highest BCUT2D eigenvalue weighted by atomic mass is 35.5. The van der Waals surface area contributed by atoms with E-state index in [4.69, 9.17) is 16.7 Å². The molecule has 12 heteroatoms. The number of sulfonamides is 1. The molecule has 3 heterocycles. The van der Waals surface area contributed by atoms with E-state index < -0.39 is 21.9 Å². The summed E-state index contributed by atoms with van der Waals surface area (Å²) in [6.07, 6.45) is 1.59. The van der Waals surface area contributed by atoms with Crippen molar-refractivity contribution in [3.63, 3.8) is 0 Å². The number of hydrogen-bond donors (Lipinski definition) is 2. The first-order valence-electron chi connectivity index (χ1n) is 8.55. The maximum absolute atomic E-state index is 13.5. The predicted octanol–water partition coefficient (Wildman–Crippen LogP) is 2.57. The fraction of sp³-hybridized carbons (Fsp3) is 0.353. The lowest BCUT2D eigenvalue weighted by Gasteiger charge is -2.33. The van der Waals surface area contributed by atoms with Gasteiger partial charge in [0.05, 0.1) is 17.4 Å². The maximum Gasteiger partial charge on any atom is 0.259 e. The highest BCUT2D eigenvalue weighted by Gasteiger charge is 2.36. The summed E-state index contributed by atoms with van der Waals surface area (Å²) in [6.45, 7) is 1.68. The molecule has 0 bridgehead atoms. The summed E-state index contributed by atoms with van der Waals surface area (Å²) in [5.74, 6) is -3.17. The molecule has 3 N–H and O–H groups in total. The van der Waals surface area contributed by atoms with Gasteiger partial charge in [-0.2, -0.15) is 0 Å². The molecule has 2 aromatic heterocycles. The van der Waals surface area contributed by atoms with E-state index in [1.165, 1.54) is 18.3 Å². The Morgan fingerprint density at radius 3 is 2.55 bits per heavy atom. The van der Waals surface area contributed by atoms with Crippen molar-refractivity contribution >= 4 is 39.0 Å². The van der Waals surface area contributed by atoms with Crippen LogP contribution in [0.15, 0.2) is 29.4 Å². The molecule has 0 aliphatic carbocycles. The largest absolute Gasteiger partial charge is 0.355 e. The maximum atomic E-state index is 13.5. The lowest BCUT2D eigenvalue weighted by atomic mass is 10.0. The molecule has 2 aromatic rings. The molecular weight excluding hydrogens is 428 g/mol. The number of carbonyl (C=O) groups excluding carboxylic acids is 1. The van der Waals surface area contributed by atoms with Gasteiger partial charge in [-0.1, -0.05) is 11.6 Å². The van der Waals surface area contributed by atoms with Gasteiger partial charge in [-0.05, 0) is 24.6 Å². The molecule has 1 fully saturated rings. The van der Waals surface area contributed by atoms with E-state index in [1.807, 2.05) is 0 Å². The number of aromatic nitrogens is 2. The quantitative estimate of drug-likeness (QED) is 0.698. The number of amides is 1. The van der Waals surface area contributed by atoms with Crippen LogP contribution in [0, 0.1) is 6.92 Å². The summed E-state index contributed by atoms with van der Waals surface area (Å²) < 4.78 is 50.0. The zero-order valence-electron chi connectivity index (χ0n) is 15.3. The molecule has 1 aliphatic rings. The van der Waals surface area contributed by atoms with Gasteiger partial charge in [-0.15, -0.1) is 0 Å². The fourth-order valence-corrected chi connectivity index (χ4v) is 3.75. The Labute approximate surface area is 171 Å². The van der Waals surface area contributed by atoms with Crippen LogP contribution in [0.25, 0.3) is 0 Å². The van der Waals surface area contributed by atoms with Crippen LogP contribution in [0.4, 0.5) is 20.3 Å². The molecule has 8 nitrogen and oxygen atoms in total. The fourth-order valence-electron chi connectivity index (χ4n) is 3.01. The Balaban J connectivity index is 1.93. The minimum Gasteiger partial charge on any atom is -0.355 e. The van der Waals surface area contributed by atoms with E-state index in [1.54, 1.807) is 11.8 Å². The third-order valence-electron chi connectivity index (χ3n) is 4.49. The number of nitrogens with two attached hydrogens (primary N) is 1. The van der Waals surface area contributed by atoms with Crippen LogP contribution < -0.4 is 15.4 Å². The van der Waals surface area contributed by atoms with Crippen LogP contribution in [0.2, 0.25) is 5.15 Å². The van der Waals surface area contributed by atoms with Gasteiger partial charge < -0.3 is 10.2 Å². The minimum atomic E-state index is -4.00. The monoisotopic (exact) mass is 445 g/mol. The van der Waals surface area contributed by atoms with Gasteiger partial charge in [-0.25, -0.2) is 27.3 Å². The van der Waals surface area contributed by atoms with Crippen LogP contribution in [0.1, 0.15) is 28.8 Å². The second kappa shape index (κ2) is 7.81. The standard InChI is InChI=1S/C17H18ClF2N5O3S/c1-10-6-13(18)24-15(25-4-2-17(19,20)3-5-25)14(10)16(26)23-11-7-12(9-22-8-11)29(21,27)28/h6-9H,2-5H2,1H3,(H,23,26)(H2,21,27,28). The molecule has 0 saturated carbocycles. The number of carbonyl (C=O) groups is 1. The number of piperidine rings is 1. The zero-order chi connectivity index (χ0) is 21.4. The summed E-state index contributed by atoms with van der Waals surface area (Å²) in [5, 5.41) is 7.76. The van der Waals surface area contributed by atoms with Gasteiger partial charge in [0.2, 0.25) is 10.0 Å². The summed E-state index contributed by atoms with van der Waals surface area (Å²) in [7, 11) is -4.00. The predicted molar refractivity (Wildman–Crippen MR) is 104 cm³/mol. The summed E-state index contributed by atoms with van der Waals surface area (Å²) in [6, 6.07) is 2.65. The molecule has 0 radical (unpaired) electrons. The Hall–Kier alpha value is -2.37. The number of rotatable bonds is 4. The number of nitrogens with zero attached hydrogens (tertiary/aromatic N) is 3.